The molecule has 32 heavy (non-hydrogen) atoms. The molecule has 0 aliphatic carbocycles. The minimum Gasteiger partial charge on any atom is -0.418 e. The molecule has 0 heterocycles. The van der Waals surface area contributed by atoms with Crippen LogP contribution in [0.5, 0.6) is 11.5 Å². The van der Waals surface area contributed by atoms with Gasteiger partial charge in [-0.3, -0.25) is 0 Å². The first kappa shape index (κ1) is 26.7. The van der Waals surface area contributed by atoms with Crippen LogP contribution < -0.4 is 9.05 Å². The van der Waals surface area contributed by atoms with E-state index in [0.717, 1.165) is 24.7 Å². The van der Waals surface area contributed by atoms with Crippen LogP contribution in [0.2, 0.25) is 0 Å². The van der Waals surface area contributed by atoms with E-state index < -0.39 is 8.60 Å². The van der Waals surface area contributed by atoms with Crippen molar-refractivity contribution < 1.29 is 13.9 Å². The van der Waals surface area contributed by atoms with Crippen LogP contribution in [-0.4, -0.2) is 4.89 Å². The van der Waals surface area contributed by atoms with E-state index in [4.69, 9.17) is 9.05 Å². The zero-order valence-corrected chi connectivity index (χ0v) is 21.4. The second kappa shape index (κ2) is 15.3. The molecule has 1 N–H and O–H groups in total. The van der Waals surface area contributed by atoms with Gasteiger partial charge in [-0.25, -0.2) is 0 Å². The normalized spacial score (nSPS) is 14.0. The number of rotatable bonds is 16. The topological polar surface area (TPSA) is 38.7 Å². The average molecular weight is 459 g/mol. The Morgan fingerprint density at radius 1 is 0.656 bits per heavy atom. The first-order chi connectivity index (χ1) is 15.6. The van der Waals surface area contributed by atoms with Crippen LogP contribution in [0.15, 0.2) is 48.5 Å². The van der Waals surface area contributed by atoms with E-state index in [1.165, 1.54) is 62.5 Å². The fourth-order valence-electron chi connectivity index (χ4n) is 4.13. The van der Waals surface area contributed by atoms with Gasteiger partial charge in [0.25, 0.3) is 0 Å². The van der Waals surface area contributed by atoms with Gasteiger partial charge in [0.1, 0.15) is 11.5 Å². The first-order valence-corrected chi connectivity index (χ1v) is 13.7. The lowest BCUT2D eigenvalue weighted by atomic mass is 9.92. The van der Waals surface area contributed by atoms with E-state index in [2.05, 4.69) is 52.0 Å². The highest BCUT2D eigenvalue weighted by Gasteiger charge is 2.13. The van der Waals surface area contributed by atoms with Crippen molar-refractivity contribution in [1.82, 2.24) is 0 Å². The molecule has 0 aliphatic rings. The molecular weight excluding hydrogens is 415 g/mol. The molecule has 4 heteroatoms. The number of hydrogen-bond acceptors (Lipinski definition) is 3. The maximum atomic E-state index is 10.3. The predicted molar refractivity (Wildman–Crippen MR) is 137 cm³/mol. The fraction of sp³-hybridized carbons (Fsp3) is 0.571. The summed E-state index contributed by atoms with van der Waals surface area (Å²) in [6.07, 6.45) is 12.3. The van der Waals surface area contributed by atoms with Gasteiger partial charge >= 0.3 is 8.60 Å². The largest absolute Gasteiger partial charge is 0.460 e. The summed E-state index contributed by atoms with van der Waals surface area (Å²) in [6.45, 7) is 9.04. The Labute approximate surface area is 197 Å². The molecule has 0 saturated heterocycles. The summed E-state index contributed by atoms with van der Waals surface area (Å²) in [7, 11) is -2.01. The second-order valence-electron chi connectivity index (χ2n) is 8.95. The minimum atomic E-state index is -2.01. The first-order valence-electron chi connectivity index (χ1n) is 12.6. The molecule has 2 unspecified atom stereocenters. The van der Waals surface area contributed by atoms with E-state index in [0.29, 0.717) is 11.5 Å². The van der Waals surface area contributed by atoms with Gasteiger partial charge in [0.05, 0.1) is 0 Å². The highest BCUT2D eigenvalue weighted by molar-refractivity contribution is 7.41. The SMILES string of the molecule is CCCCC(CC)Cc1ccc(OP(O)Oc2ccc(CC(CC)CCCC)cc2)cc1. The number of unbranched alkanes of at least 4 members (excludes halogenated alkanes) is 2. The maximum Gasteiger partial charge on any atom is 0.460 e. The third-order valence-corrected chi connectivity index (χ3v) is 7.08. The van der Waals surface area contributed by atoms with Crippen molar-refractivity contribution in [2.24, 2.45) is 11.8 Å². The Kier molecular flexibility index (Phi) is 12.8. The van der Waals surface area contributed by atoms with Crippen LogP contribution in [0.4, 0.5) is 0 Å². The molecule has 0 aliphatic heterocycles. The lowest BCUT2D eigenvalue weighted by Crippen LogP contribution is -2.03. The Hall–Kier alpha value is -1.57. The average Bonchev–Trinajstić information content (AvgIpc) is 2.81. The Morgan fingerprint density at radius 2 is 1.03 bits per heavy atom. The molecule has 0 amide bonds. The summed E-state index contributed by atoms with van der Waals surface area (Å²) in [4.78, 5) is 10.3. The molecule has 3 nitrogen and oxygen atoms in total. The van der Waals surface area contributed by atoms with Crippen LogP contribution >= 0.6 is 8.60 Å². The van der Waals surface area contributed by atoms with Crippen molar-refractivity contribution in [3.8, 4) is 11.5 Å². The standard InChI is InChI=1S/C28H43O3P/c1-5-9-11-23(7-3)21-25-13-17-27(18-14-25)30-32(29)31-28-19-15-26(16-20-28)22-24(8-4)12-10-6-2/h13-20,23-24,29H,5-12,21-22H2,1-4H3. The summed E-state index contributed by atoms with van der Waals surface area (Å²) in [5.74, 6) is 2.76. The highest BCUT2D eigenvalue weighted by atomic mass is 31.2. The van der Waals surface area contributed by atoms with Gasteiger partial charge in [-0.15, -0.1) is 0 Å². The molecule has 2 atom stereocenters. The van der Waals surface area contributed by atoms with Crippen molar-refractivity contribution in [2.45, 2.75) is 91.9 Å². The van der Waals surface area contributed by atoms with Gasteiger partial charge in [-0.2, -0.15) is 0 Å². The zero-order valence-electron chi connectivity index (χ0n) is 20.6. The maximum absolute atomic E-state index is 10.3. The minimum absolute atomic E-state index is 0.641. The van der Waals surface area contributed by atoms with Gasteiger partial charge in [0.15, 0.2) is 0 Å². The van der Waals surface area contributed by atoms with Crippen LogP contribution in [0.25, 0.3) is 0 Å². The van der Waals surface area contributed by atoms with Gasteiger partial charge in [0.2, 0.25) is 0 Å². The van der Waals surface area contributed by atoms with Gasteiger partial charge in [-0.05, 0) is 60.1 Å². The van der Waals surface area contributed by atoms with Crippen LogP contribution in [-0.2, 0) is 12.8 Å². The third kappa shape index (κ3) is 9.92. The molecular formula is C28H43O3P. The van der Waals surface area contributed by atoms with Crippen molar-refractivity contribution in [1.29, 1.82) is 0 Å². The van der Waals surface area contributed by atoms with E-state index in [1.54, 1.807) is 0 Å². The molecule has 0 radical (unpaired) electrons. The predicted octanol–water partition coefficient (Wildman–Crippen LogP) is 8.88. The summed E-state index contributed by atoms with van der Waals surface area (Å²) in [5, 5.41) is 0. The second-order valence-corrected chi connectivity index (χ2v) is 9.79. The summed E-state index contributed by atoms with van der Waals surface area (Å²) in [5.41, 5.74) is 2.65. The summed E-state index contributed by atoms with van der Waals surface area (Å²) < 4.78 is 11.2. The monoisotopic (exact) mass is 458 g/mol. The van der Waals surface area contributed by atoms with Crippen molar-refractivity contribution >= 4 is 8.60 Å². The van der Waals surface area contributed by atoms with Gasteiger partial charge in [-0.1, -0.05) is 103 Å². The molecule has 0 bridgehead atoms. The van der Waals surface area contributed by atoms with Crippen molar-refractivity contribution in [3.05, 3.63) is 59.7 Å². The highest BCUT2D eigenvalue weighted by Crippen LogP contribution is 2.37. The van der Waals surface area contributed by atoms with E-state index in [9.17, 15) is 4.89 Å². The van der Waals surface area contributed by atoms with Crippen molar-refractivity contribution in [2.75, 3.05) is 0 Å². The molecule has 2 rings (SSSR count). The van der Waals surface area contributed by atoms with E-state index in [1.807, 2.05) is 24.3 Å². The smallest absolute Gasteiger partial charge is 0.418 e. The Morgan fingerprint density at radius 3 is 1.34 bits per heavy atom. The molecule has 0 fully saturated rings. The molecule has 2 aromatic carbocycles. The van der Waals surface area contributed by atoms with Crippen LogP contribution in [0.1, 0.15) is 90.2 Å². The lowest BCUT2D eigenvalue weighted by molar-refractivity contribution is 0.381. The fourth-order valence-corrected chi connectivity index (χ4v) is 4.77. The van der Waals surface area contributed by atoms with Crippen molar-refractivity contribution in [3.63, 3.8) is 0 Å². The Bertz CT molecular complexity index is 666. The van der Waals surface area contributed by atoms with E-state index >= 15 is 0 Å². The summed E-state index contributed by atoms with van der Waals surface area (Å²) in [6, 6.07) is 16.1. The lowest BCUT2D eigenvalue weighted by Gasteiger charge is -2.16. The quantitative estimate of drug-likeness (QED) is 0.255. The molecule has 2 aromatic rings. The molecule has 178 valence electrons. The van der Waals surface area contributed by atoms with E-state index in [-0.39, 0.29) is 0 Å². The number of hydrogen-bond donors (Lipinski definition) is 1. The zero-order chi connectivity index (χ0) is 23.2. The molecule has 0 aromatic heterocycles. The number of benzene rings is 2. The Balaban J connectivity index is 1.82. The third-order valence-electron chi connectivity index (χ3n) is 6.35. The molecule has 0 spiro atoms. The van der Waals surface area contributed by atoms with Gasteiger partial charge < -0.3 is 13.9 Å². The van der Waals surface area contributed by atoms with Gasteiger partial charge in [0, 0.05) is 0 Å². The van der Waals surface area contributed by atoms with Crippen LogP contribution in [0, 0.1) is 11.8 Å². The summed E-state index contributed by atoms with van der Waals surface area (Å²) >= 11 is 0. The van der Waals surface area contributed by atoms with Crippen LogP contribution in [0.3, 0.4) is 0 Å². The molecule has 0 saturated carbocycles.